The maximum Gasteiger partial charge on any atom is 0.239 e. The van der Waals surface area contributed by atoms with Crippen molar-refractivity contribution in [3.8, 4) is 17.2 Å². The molecule has 3 rings (SSSR count). The van der Waals surface area contributed by atoms with Crippen molar-refractivity contribution < 1.29 is 0 Å². The third-order valence-electron chi connectivity index (χ3n) is 7.95. The molecule has 186 valence electrons. The topological polar surface area (TPSA) is 28.1 Å². The van der Waals surface area contributed by atoms with Crippen molar-refractivity contribution in [1.29, 1.82) is 5.26 Å². The smallest absolute Gasteiger partial charge is 0.239 e. The van der Waals surface area contributed by atoms with Crippen molar-refractivity contribution in [2.24, 2.45) is 0 Å². The summed E-state index contributed by atoms with van der Waals surface area (Å²) in [5.41, 5.74) is 7.90. The van der Waals surface area contributed by atoms with Crippen LogP contribution in [0.15, 0.2) is 36.4 Å². The monoisotopic (exact) mass is 468 g/mol. The molecule has 0 saturated carbocycles. The average Bonchev–Trinajstić information content (AvgIpc) is 3.13. The molecule has 0 heterocycles. The summed E-state index contributed by atoms with van der Waals surface area (Å²) < 4.78 is 0. The second kappa shape index (κ2) is 14.1. The van der Waals surface area contributed by atoms with Crippen LogP contribution in [0, 0.1) is 17.9 Å². The molecule has 0 radical (unpaired) electrons. The fraction of sp³-hybridized carbons (Fsp3) is 0.576. The first kappa shape index (κ1) is 27.0. The summed E-state index contributed by atoms with van der Waals surface area (Å²) in [5, 5.41) is 9.38. The van der Waals surface area contributed by atoms with Gasteiger partial charge in [0.25, 0.3) is 0 Å². The van der Waals surface area contributed by atoms with Gasteiger partial charge in [-0.25, -0.2) is 6.57 Å². The van der Waals surface area contributed by atoms with E-state index in [2.05, 4.69) is 61.2 Å². The van der Waals surface area contributed by atoms with Crippen LogP contribution >= 0.6 is 0 Å². The highest BCUT2D eigenvalue weighted by Crippen LogP contribution is 2.54. The Balaban J connectivity index is 1.95. The molecule has 1 aliphatic carbocycles. The number of benzene rings is 2. The number of fused-ring (bicyclic) bond motifs is 3. The van der Waals surface area contributed by atoms with Crippen LogP contribution in [0.1, 0.15) is 126 Å². The Hall–Kier alpha value is -2.58. The van der Waals surface area contributed by atoms with E-state index in [0.717, 1.165) is 11.1 Å². The zero-order chi connectivity index (χ0) is 24.9. The van der Waals surface area contributed by atoms with E-state index in [4.69, 9.17) is 6.57 Å². The van der Waals surface area contributed by atoms with Gasteiger partial charge in [0.15, 0.2) is 0 Å². The number of nitrogens with zero attached hydrogens (tertiary/aromatic N) is 2. The molecule has 0 N–H and O–H groups in total. The number of rotatable bonds is 16. The van der Waals surface area contributed by atoms with Crippen LogP contribution in [0.4, 0.5) is 0 Å². The highest BCUT2D eigenvalue weighted by atomic mass is 14.6. The van der Waals surface area contributed by atoms with Gasteiger partial charge in [-0.05, 0) is 46.7 Å². The lowest BCUT2D eigenvalue weighted by Crippen LogP contribution is -2.26. The predicted octanol–water partition coefficient (Wildman–Crippen LogP) is 9.94. The standard InChI is InChI=1S/C33H44N2/c1-4-6-8-10-12-14-21-33(22-15-13-11-9-7-5-2)31-24-27(20-23-34)16-18-29(31)30-19-17-28(26-35-3)25-32(30)33/h16-19,24-25H,4-15,20-22,26H2,1-2H3. The Kier molecular flexibility index (Phi) is 10.9. The molecule has 2 nitrogen and oxygen atoms in total. The molecule has 0 aliphatic heterocycles. The Morgan fingerprint density at radius 1 is 0.714 bits per heavy atom. The zero-order valence-corrected chi connectivity index (χ0v) is 22.2. The minimum Gasteiger partial charge on any atom is -0.312 e. The molecule has 35 heavy (non-hydrogen) atoms. The molecule has 2 aromatic carbocycles. The molecule has 1 aliphatic rings. The highest BCUT2D eigenvalue weighted by Gasteiger charge is 2.42. The minimum absolute atomic E-state index is 0.0175. The van der Waals surface area contributed by atoms with E-state index in [0.29, 0.717) is 13.0 Å². The summed E-state index contributed by atoms with van der Waals surface area (Å²) in [4.78, 5) is 3.69. The van der Waals surface area contributed by atoms with Gasteiger partial charge in [-0.2, -0.15) is 5.26 Å². The van der Waals surface area contributed by atoms with E-state index in [1.54, 1.807) is 0 Å². The van der Waals surface area contributed by atoms with Gasteiger partial charge in [0.05, 0.1) is 12.5 Å². The maximum atomic E-state index is 9.38. The van der Waals surface area contributed by atoms with Crippen LogP contribution < -0.4 is 0 Å². The lowest BCUT2D eigenvalue weighted by atomic mass is 9.70. The van der Waals surface area contributed by atoms with Crippen LogP contribution in [0.5, 0.6) is 0 Å². The highest BCUT2D eigenvalue weighted by molar-refractivity contribution is 5.81. The van der Waals surface area contributed by atoms with Gasteiger partial charge in [-0.15, -0.1) is 0 Å². The van der Waals surface area contributed by atoms with Gasteiger partial charge < -0.3 is 4.85 Å². The van der Waals surface area contributed by atoms with Gasteiger partial charge >= 0.3 is 0 Å². The summed E-state index contributed by atoms with van der Waals surface area (Å²) in [6.07, 6.45) is 18.5. The van der Waals surface area contributed by atoms with E-state index in [1.807, 2.05) is 0 Å². The van der Waals surface area contributed by atoms with Crippen LogP contribution in [-0.2, 0) is 18.4 Å². The number of unbranched alkanes of at least 4 members (excludes halogenated alkanes) is 10. The fourth-order valence-electron chi connectivity index (χ4n) is 6.06. The van der Waals surface area contributed by atoms with E-state index >= 15 is 0 Å². The lowest BCUT2D eigenvalue weighted by Gasteiger charge is -2.33. The summed E-state index contributed by atoms with van der Waals surface area (Å²) in [6, 6.07) is 15.9. The Morgan fingerprint density at radius 3 is 1.71 bits per heavy atom. The van der Waals surface area contributed by atoms with Crippen LogP contribution in [0.2, 0.25) is 0 Å². The van der Waals surface area contributed by atoms with E-state index in [1.165, 1.54) is 112 Å². The van der Waals surface area contributed by atoms with Gasteiger partial charge in [0.2, 0.25) is 6.54 Å². The Labute approximate surface area is 214 Å². The molecule has 0 spiro atoms. The second-order valence-electron chi connectivity index (χ2n) is 10.5. The van der Waals surface area contributed by atoms with Crippen molar-refractivity contribution in [3.05, 3.63) is 70.1 Å². The van der Waals surface area contributed by atoms with Gasteiger partial charge in [-0.3, -0.25) is 0 Å². The second-order valence-corrected chi connectivity index (χ2v) is 10.5. The number of hydrogen-bond donors (Lipinski definition) is 0. The molecule has 0 atom stereocenters. The summed E-state index contributed by atoms with van der Waals surface area (Å²) in [5.74, 6) is 0. The zero-order valence-electron chi connectivity index (χ0n) is 22.2. The molecule has 0 fully saturated rings. The number of nitriles is 1. The van der Waals surface area contributed by atoms with Crippen molar-refractivity contribution in [1.82, 2.24) is 0 Å². The molecule has 0 saturated heterocycles. The van der Waals surface area contributed by atoms with Gasteiger partial charge in [-0.1, -0.05) is 121 Å². The van der Waals surface area contributed by atoms with Crippen molar-refractivity contribution >= 4 is 0 Å². The summed E-state index contributed by atoms with van der Waals surface area (Å²) in [7, 11) is 0. The fourth-order valence-corrected chi connectivity index (χ4v) is 6.06. The van der Waals surface area contributed by atoms with Crippen molar-refractivity contribution in [3.63, 3.8) is 0 Å². The summed E-state index contributed by atoms with van der Waals surface area (Å²) in [6.45, 7) is 12.4. The molecule has 0 unspecified atom stereocenters. The Morgan fingerprint density at radius 2 is 1.20 bits per heavy atom. The third-order valence-corrected chi connectivity index (χ3v) is 7.95. The van der Waals surface area contributed by atoms with Gasteiger partial charge in [0, 0.05) is 11.0 Å². The molecule has 2 heteroatoms. The molecular weight excluding hydrogens is 424 g/mol. The quantitative estimate of drug-likeness (QED) is 0.178. The van der Waals surface area contributed by atoms with E-state index < -0.39 is 0 Å². The van der Waals surface area contributed by atoms with Crippen LogP contribution in [0.3, 0.4) is 0 Å². The first-order valence-electron chi connectivity index (χ1n) is 14.2. The molecule has 0 amide bonds. The molecule has 0 bridgehead atoms. The van der Waals surface area contributed by atoms with E-state index in [-0.39, 0.29) is 5.41 Å². The van der Waals surface area contributed by atoms with Crippen molar-refractivity contribution in [2.45, 2.75) is 122 Å². The van der Waals surface area contributed by atoms with E-state index in [9.17, 15) is 5.26 Å². The normalized spacial score (nSPS) is 13.1. The SMILES string of the molecule is [C-]#[N+]Cc1ccc2c(c1)C(CCCCCCCC)(CCCCCCCC)c1cc(CC#N)ccc1-2. The molecule has 0 aromatic heterocycles. The third kappa shape index (κ3) is 6.76. The van der Waals surface area contributed by atoms with Crippen LogP contribution in [-0.4, -0.2) is 0 Å². The van der Waals surface area contributed by atoms with Gasteiger partial charge in [0.1, 0.15) is 0 Å². The Bertz CT molecular complexity index is 937. The minimum atomic E-state index is 0.0175. The van der Waals surface area contributed by atoms with Crippen molar-refractivity contribution in [2.75, 3.05) is 0 Å². The predicted molar refractivity (Wildman–Crippen MR) is 148 cm³/mol. The summed E-state index contributed by atoms with van der Waals surface area (Å²) >= 11 is 0. The average molecular weight is 469 g/mol. The lowest BCUT2D eigenvalue weighted by molar-refractivity contribution is 0.397. The number of hydrogen-bond acceptors (Lipinski definition) is 1. The molecule has 2 aromatic rings. The largest absolute Gasteiger partial charge is 0.312 e. The maximum absolute atomic E-state index is 9.38. The van der Waals surface area contributed by atoms with Crippen LogP contribution in [0.25, 0.3) is 16.0 Å². The first-order chi connectivity index (χ1) is 17.2. The first-order valence-corrected chi connectivity index (χ1v) is 14.2. The molecular formula is C33H44N2.